The molecule has 4 rings (SSSR count). The molecule has 0 radical (unpaired) electrons. The van der Waals surface area contributed by atoms with E-state index in [0.29, 0.717) is 23.9 Å². The molecular weight excluding hydrogens is 623 g/mol. The maximum Gasteiger partial charge on any atom is 0.261 e. The maximum atomic E-state index is 7.56. The summed E-state index contributed by atoms with van der Waals surface area (Å²) in [5, 5.41) is 8.74. The van der Waals surface area contributed by atoms with Gasteiger partial charge in [-0.3, -0.25) is 0 Å². The molecule has 0 amide bonds. The Hall–Kier alpha value is -4.11. The van der Waals surface area contributed by atoms with Crippen LogP contribution in [-0.4, -0.2) is 42.5 Å². The quantitative estimate of drug-likeness (QED) is 0.0393. The molecule has 0 bridgehead atoms. The Morgan fingerprint density at radius 1 is 0.851 bits per heavy atom. The predicted molar refractivity (Wildman–Crippen MR) is 198 cm³/mol. The molecule has 0 saturated heterocycles. The zero-order chi connectivity index (χ0) is 33.7. The largest absolute Gasteiger partial charge is 0.493 e. The number of methoxy groups -OCH3 is 3. The fourth-order valence-corrected chi connectivity index (χ4v) is 11.3. The van der Waals surface area contributed by atoms with Crippen molar-refractivity contribution in [1.29, 1.82) is 0 Å². The molecule has 0 aliphatic carbocycles. The van der Waals surface area contributed by atoms with Crippen molar-refractivity contribution in [3.8, 4) is 17.2 Å². The minimum absolute atomic E-state index is 0.0264. The van der Waals surface area contributed by atoms with Gasteiger partial charge in [0.1, 0.15) is 6.61 Å². The van der Waals surface area contributed by atoms with Crippen LogP contribution < -0.4 is 24.6 Å². The third-order valence-corrected chi connectivity index (χ3v) is 14.1. The van der Waals surface area contributed by atoms with E-state index in [1.54, 1.807) is 38.9 Å². The SMILES string of the molecule is COc1cc(/C=N/OC/C=C/C=C(\C)CCC(O[Si](c2ccccc2)(c2ccccc2)C(C)(C)C)c2cccs2)cc(OC)c1OC. The van der Waals surface area contributed by atoms with E-state index < -0.39 is 8.32 Å². The summed E-state index contributed by atoms with van der Waals surface area (Å²) in [4.78, 5) is 6.73. The van der Waals surface area contributed by atoms with Gasteiger partial charge < -0.3 is 23.5 Å². The lowest BCUT2D eigenvalue weighted by Gasteiger charge is -2.45. The lowest BCUT2D eigenvalue weighted by atomic mass is 10.1. The Morgan fingerprint density at radius 2 is 1.47 bits per heavy atom. The van der Waals surface area contributed by atoms with Crippen LogP contribution in [-0.2, 0) is 9.26 Å². The molecule has 0 aliphatic heterocycles. The van der Waals surface area contributed by atoms with Gasteiger partial charge >= 0.3 is 0 Å². The molecular formula is C39H47NO5SSi. The van der Waals surface area contributed by atoms with Gasteiger partial charge in [0.25, 0.3) is 8.32 Å². The zero-order valence-corrected chi connectivity index (χ0v) is 30.4. The van der Waals surface area contributed by atoms with Crippen LogP contribution in [0, 0.1) is 0 Å². The molecule has 1 heterocycles. The van der Waals surface area contributed by atoms with E-state index in [0.717, 1.165) is 18.4 Å². The van der Waals surface area contributed by atoms with Gasteiger partial charge in [-0.1, -0.05) is 110 Å². The molecule has 1 atom stereocenters. The van der Waals surface area contributed by atoms with Crippen molar-refractivity contribution in [2.24, 2.45) is 5.16 Å². The lowest BCUT2D eigenvalue weighted by molar-refractivity contribution is 0.176. The third kappa shape index (κ3) is 9.03. The van der Waals surface area contributed by atoms with Crippen LogP contribution >= 0.6 is 11.3 Å². The molecule has 0 fully saturated rings. The Balaban J connectivity index is 1.44. The van der Waals surface area contributed by atoms with Gasteiger partial charge in [0.15, 0.2) is 11.5 Å². The highest BCUT2D eigenvalue weighted by atomic mass is 32.1. The molecule has 1 aromatic heterocycles. The van der Waals surface area contributed by atoms with Crippen LogP contribution in [0.2, 0.25) is 5.04 Å². The van der Waals surface area contributed by atoms with Crippen LogP contribution in [0.15, 0.2) is 119 Å². The predicted octanol–water partition coefficient (Wildman–Crippen LogP) is 8.73. The van der Waals surface area contributed by atoms with Crippen molar-refractivity contribution in [1.82, 2.24) is 0 Å². The fraction of sp³-hybridized carbons (Fsp3) is 0.308. The molecule has 6 nitrogen and oxygen atoms in total. The van der Waals surface area contributed by atoms with E-state index in [-0.39, 0.29) is 11.1 Å². The summed E-state index contributed by atoms with van der Waals surface area (Å²) in [6.07, 6.45) is 9.50. The van der Waals surface area contributed by atoms with E-state index in [4.69, 9.17) is 23.5 Å². The number of thiophene rings is 1. The first-order valence-electron chi connectivity index (χ1n) is 15.8. The summed E-state index contributed by atoms with van der Waals surface area (Å²) in [5.41, 5.74) is 2.05. The normalized spacial score (nSPS) is 13.2. The summed E-state index contributed by atoms with van der Waals surface area (Å²) >= 11 is 1.77. The van der Waals surface area contributed by atoms with E-state index in [1.807, 2.05) is 24.3 Å². The van der Waals surface area contributed by atoms with Crippen LogP contribution in [0.25, 0.3) is 0 Å². The molecule has 4 aromatic rings. The molecule has 1 unspecified atom stereocenters. The Bertz CT molecular complexity index is 1550. The molecule has 0 aliphatic rings. The summed E-state index contributed by atoms with van der Waals surface area (Å²) < 4.78 is 23.8. The first-order valence-corrected chi connectivity index (χ1v) is 18.6. The average molecular weight is 670 g/mol. The third-order valence-electron chi connectivity index (χ3n) is 8.05. The van der Waals surface area contributed by atoms with Gasteiger partial charge in [0.05, 0.1) is 33.6 Å². The second kappa shape index (κ2) is 17.2. The first-order chi connectivity index (χ1) is 22.7. The summed E-state index contributed by atoms with van der Waals surface area (Å²) in [7, 11) is 2.04. The van der Waals surface area contributed by atoms with Crippen LogP contribution in [0.3, 0.4) is 0 Å². The van der Waals surface area contributed by atoms with E-state index >= 15 is 0 Å². The molecule has 8 heteroatoms. The lowest BCUT2D eigenvalue weighted by Crippen LogP contribution is -2.66. The minimum Gasteiger partial charge on any atom is -0.493 e. The van der Waals surface area contributed by atoms with Crippen molar-refractivity contribution in [2.75, 3.05) is 27.9 Å². The topological polar surface area (TPSA) is 58.5 Å². The van der Waals surface area contributed by atoms with E-state index in [2.05, 4.69) is 117 Å². The maximum absolute atomic E-state index is 7.56. The highest BCUT2D eigenvalue weighted by Gasteiger charge is 2.51. The number of ether oxygens (including phenoxy) is 3. The number of benzene rings is 3. The minimum atomic E-state index is -2.70. The first kappa shape index (κ1) is 35.7. The van der Waals surface area contributed by atoms with Crippen molar-refractivity contribution in [2.45, 2.75) is 51.7 Å². The van der Waals surface area contributed by atoms with Crippen molar-refractivity contribution < 1.29 is 23.5 Å². The summed E-state index contributed by atoms with van der Waals surface area (Å²) in [6.45, 7) is 9.51. The number of rotatable bonds is 16. The van der Waals surface area contributed by atoms with Crippen molar-refractivity contribution in [3.05, 3.63) is 125 Å². The molecule has 248 valence electrons. The summed E-state index contributed by atoms with van der Waals surface area (Å²) in [5.74, 6) is 1.66. The van der Waals surface area contributed by atoms with Gasteiger partial charge in [-0.25, -0.2) is 0 Å². The standard InChI is InChI=1S/C39H47NO5SSi/c1-30(17-14-15-25-44-40-29-31-27-35(41-5)38(43-7)36(28-31)42-6)23-24-34(37-22-16-26-46-37)45-47(39(2,3)4,32-18-10-8-11-19-32)33-20-12-9-13-21-33/h8-22,26-29,34H,23-25H2,1-7H3/b15-14+,30-17+,40-29+. The van der Waals surface area contributed by atoms with Gasteiger partial charge in [0.2, 0.25) is 5.75 Å². The Labute approximate surface area is 285 Å². The summed E-state index contributed by atoms with van der Waals surface area (Å²) in [6, 6.07) is 29.7. The van der Waals surface area contributed by atoms with Gasteiger partial charge in [-0.15, -0.1) is 11.3 Å². The second-order valence-corrected chi connectivity index (χ2v) is 17.5. The van der Waals surface area contributed by atoms with E-state index in [1.165, 1.54) is 20.8 Å². The van der Waals surface area contributed by atoms with E-state index in [9.17, 15) is 0 Å². The van der Waals surface area contributed by atoms with Gasteiger partial charge in [-0.05, 0) is 64.8 Å². The number of allylic oxidation sites excluding steroid dienone is 3. The molecule has 0 spiro atoms. The highest BCUT2D eigenvalue weighted by molar-refractivity contribution is 7.10. The molecule has 3 aromatic carbocycles. The van der Waals surface area contributed by atoms with Gasteiger partial charge in [-0.2, -0.15) is 0 Å². The monoisotopic (exact) mass is 669 g/mol. The number of hydrogen-bond donors (Lipinski definition) is 0. The number of oxime groups is 1. The van der Waals surface area contributed by atoms with Crippen molar-refractivity contribution in [3.63, 3.8) is 0 Å². The smallest absolute Gasteiger partial charge is 0.261 e. The van der Waals surface area contributed by atoms with Crippen LogP contribution in [0.5, 0.6) is 17.2 Å². The van der Waals surface area contributed by atoms with Crippen LogP contribution in [0.4, 0.5) is 0 Å². The zero-order valence-electron chi connectivity index (χ0n) is 28.6. The Morgan fingerprint density at radius 3 is 1.98 bits per heavy atom. The fourth-order valence-electron chi connectivity index (χ4n) is 5.73. The van der Waals surface area contributed by atoms with Crippen LogP contribution in [0.1, 0.15) is 57.1 Å². The highest BCUT2D eigenvalue weighted by Crippen LogP contribution is 2.42. The Kier molecular flexibility index (Phi) is 13.0. The van der Waals surface area contributed by atoms with Crippen molar-refractivity contribution >= 4 is 36.2 Å². The van der Waals surface area contributed by atoms with Gasteiger partial charge in [0, 0.05) is 10.4 Å². The molecule has 47 heavy (non-hydrogen) atoms. The second-order valence-electron chi connectivity index (χ2n) is 12.3. The molecule has 0 saturated carbocycles. The number of hydrogen-bond acceptors (Lipinski definition) is 7. The number of nitrogens with zero attached hydrogens (tertiary/aromatic N) is 1. The average Bonchev–Trinajstić information content (AvgIpc) is 3.63. The molecule has 0 N–H and O–H groups in total.